The van der Waals surface area contributed by atoms with Crippen LogP contribution in [0, 0.1) is 0 Å². The highest BCUT2D eigenvalue weighted by atomic mass is 16.2. The Morgan fingerprint density at radius 1 is 1.25 bits per heavy atom. The molecule has 0 bridgehead atoms. The summed E-state index contributed by atoms with van der Waals surface area (Å²) in [4.78, 5) is 16.3. The lowest BCUT2D eigenvalue weighted by Crippen LogP contribution is -2.62. The van der Waals surface area contributed by atoms with Crippen molar-refractivity contribution in [3.63, 3.8) is 0 Å². The molecule has 1 fully saturated rings. The van der Waals surface area contributed by atoms with E-state index in [1.165, 1.54) is 0 Å². The van der Waals surface area contributed by atoms with E-state index in [-0.39, 0.29) is 11.9 Å². The summed E-state index contributed by atoms with van der Waals surface area (Å²) in [5, 5.41) is 0. The number of nitrogens with two attached hydrogens (primary N) is 1. The van der Waals surface area contributed by atoms with E-state index < -0.39 is 5.54 Å². The van der Waals surface area contributed by atoms with E-state index in [4.69, 9.17) is 5.73 Å². The highest BCUT2D eigenvalue weighted by Crippen LogP contribution is 2.29. The van der Waals surface area contributed by atoms with Crippen molar-refractivity contribution >= 4 is 11.6 Å². The van der Waals surface area contributed by atoms with E-state index in [1.807, 2.05) is 20.9 Å². The van der Waals surface area contributed by atoms with E-state index in [0.717, 1.165) is 30.8 Å². The quantitative estimate of drug-likeness (QED) is 0.919. The standard InChI is InChI=1S/C16H25N3O/c1-5-14(17)12-6-8-13(9-7-12)19-11-10-18(4)15(20)16(19,2)3/h6-9,14H,5,10-11,17H2,1-4H3/t14-/m1/s1. The van der Waals surface area contributed by atoms with Gasteiger partial charge in [-0.3, -0.25) is 4.79 Å². The summed E-state index contributed by atoms with van der Waals surface area (Å²) in [6.07, 6.45) is 0.928. The average molecular weight is 275 g/mol. The normalized spacial score (nSPS) is 20.1. The molecule has 4 nitrogen and oxygen atoms in total. The van der Waals surface area contributed by atoms with E-state index in [1.54, 1.807) is 4.90 Å². The van der Waals surface area contributed by atoms with Gasteiger partial charge in [-0.15, -0.1) is 0 Å². The molecular weight excluding hydrogens is 250 g/mol. The van der Waals surface area contributed by atoms with E-state index >= 15 is 0 Å². The van der Waals surface area contributed by atoms with Crippen LogP contribution in [0.3, 0.4) is 0 Å². The SMILES string of the molecule is CC[C@@H](N)c1ccc(N2CCN(C)C(=O)C2(C)C)cc1. The summed E-state index contributed by atoms with van der Waals surface area (Å²) in [6, 6.07) is 8.38. The first-order chi connectivity index (χ1) is 9.37. The fraction of sp³-hybridized carbons (Fsp3) is 0.562. The highest BCUT2D eigenvalue weighted by Gasteiger charge is 2.40. The molecule has 0 aliphatic carbocycles. The van der Waals surface area contributed by atoms with Crippen LogP contribution in [0.15, 0.2) is 24.3 Å². The lowest BCUT2D eigenvalue weighted by Gasteiger charge is -2.46. The Morgan fingerprint density at radius 2 is 1.85 bits per heavy atom. The van der Waals surface area contributed by atoms with Crippen LogP contribution in [0.5, 0.6) is 0 Å². The van der Waals surface area contributed by atoms with Gasteiger partial charge in [0.2, 0.25) is 5.91 Å². The maximum atomic E-state index is 12.3. The third-order valence-electron chi connectivity index (χ3n) is 4.28. The van der Waals surface area contributed by atoms with Crippen molar-refractivity contribution in [1.29, 1.82) is 0 Å². The number of hydrogen-bond acceptors (Lipinski definition) is 3. The second-order valence-corrected chi connectivity index (χ2v) is 6.04. The van der Waals surface area contributed by atoms with Gasteiger partial charge in [-0.05, 0) is 38.0 Å². The lowest BCUT2D eigenvalue weighted by atomic mass is 9.96. The molecule has 0 saturated carbocycles. The molecule has 2 rings (SSSR count). The van der Waals surface area contributed by atoms with Crippen LogP contribution in [-0.4, -0.2) is 36.5 Å². The Bertz CT molecular complexity index is 481. The second kappa shape index (κ2) is 5.44. The number of likely N-dealkylation sites (N-methyl/N-ethyl adjacent to an activating group) is 1. The van der Waals surface area contributed by atoms with Crippen molar-refractivity contribution in [3.05, 3.63) is 29.8 Å². The number of carbonyl (C=O) groups excluding carboxylic acids is 1. The number of nitrogens with zero attached hydrogens (tertiary/aromatic N) is 2. The molecule has 0 radical (unpaired) electrons. The third kappa shape index (κ3) is 2.52. The minimum Gasteiger partial charge on any atom is -0.356 e. The van der Waals surface area contributed by atoms with Crippen LogP contribution in [0.1, 0.15) is 38.8 Å². The number of anilines is 1. The van der Waals surface area contributed by atoms with Crippen LogP contribution >= 0.6 is 0 Å². The lowest BCUT2D eigenvalue weighted by molar-refractivity contribution is -0.136. The van der Waals surface area contributed by atoms with Gasteiger partial charge in [-0.1, -0.05) is 19.1 Å². The number of piperazine rings is 1. The first kappa shape index (κ1) is 14.9. The van der Waals surface area contributed by atoms with Gasteiger partial charge >= 0.3 is 0 Å². The Kier molecular flexibility index (Phi) is 4.04. The molecule has 2 N–H and O–H groups in total. The zero-order valence-electron chi connectivity index (χ0n) is 12.9. The molecule has 0 spiro atoms. The predicted octanol–water partition coefficient (Wildman–Crippen LogP) is 2.15. The summed E-state index contributed by atoms with van der Waals surface area (Å²) < 4.78 is 0. The van der Waals surface area contributed by atoms with Crippen molar-refractivity contribution in [2.45, 2.75) is 38.8 Å². The molecule has 1 aliphatic heterocycles. The largest absolute Gasteiger partial charge is 0.356 e. The molecule has 1 aliphatic rings. The smallest absolute Gasteiger partial charge is 0.247 e. The summed E-state index contributed by atoms with van der Waals surface area (Å²) in [6.45, 7) is 7.67. The molecule has 0 unspecified atom stereocenters. The third-order valence-corrected chi connectivity index (χ3v) is 4.28. The Balaban J connectivity index is 2.25. The molecule has 1 saturated heterocycles. The van der Waals surface area contributed by atoms with Crippen LogP contribution < -0.4 is 10.6 Å². The molecule has 1 atom stereocenters. The van der Waals surface area contributed by atoms with E-state index in [9.17, 15) is 4.79 Å². The number of rotatable bonds is 3. The van der Waals surface area contributed by atoms with Gasteiger partial charge in [0.1, 0.15) is 5.54 Å². The molecule has 1 heterocycles. The fourth-order valence-corrected chi connectivity index (χ4v) is 2.80. The summed E-state index contributed by atoms with van der Waals surface area (Å²) >= 11 is 0. The topological polar surface area (TPSA) is 49.6 Å². The molecular formula is C16H25N3O. The molecule has 1 amide bonds. The van der Waals surface area contributed by atoms with Crippen LogP contribution in [0.25, 0.3) is 0 Å². The highest BCUT2D eigenvalue weighted by molar-refractivity contribution is 5.90. The number of carbonyl (C=O) groups is 1. The van der Waals surface area contributed by atoms with Gasteiger partial charge < -0.3 is 15.5 Å². The molecule has 110 valence electrons. The van der Waals surface area contributed by atoms with Gasteiger partial charge in [0.15, 0.2) is 0 Å². The Hall–Kier alpha value is -1.55. The Labute approximate surface area is 121 Å². The van der Waals surface area contributed by atoms with Crippen LogP contribution in [0.2, 0.25) is 0 Å². The summed E-state index contributed by atoms with van der Waals surface area (Å²) in [7, 11) is 1.87. The molecule has 0 aromatic heterocycles. The second-order valence-electron chi connectivity index (χ2n) is 6.04. The summed E-state index contributed by atoms with van der Waals surface area (Å²) in [5.41, 5.74) is 7.78. The van der Waals surface area contributed by atoms with Crippen LogP contribution in [0.4, 0.5) is 5.69 Å². The molecule has 1 aromatic rings. The van der Waals surface area contributed by atoms with E-state index in [0.29, 0.717) is 0 Å². The molecule has 1 aromatic carbocycles. The number of amides is 1. The zero-order valence-corrected chi connectivity index (χ0v) is 12.9. The Morgan fingerprint density at radius 3 is 2.40 bits per heavy atom. The van der Waals surface area contributed by atoms with E-state index in [2.05, 4.69) is 36.1 Å². The monoisotopic (exact) mass is 275 g/mol. The minimum atomic E-state index is -0.499. The first-order valence-corrected chi connectivity index (χ1v) is 7.26. The number of hydrogen-bond donors (Lipinski definition) is 1. The van der Waals surface area contributed by atoms with Gasteiger partial charge in [0.25, 0.3) is 0 Å². The summed E-state index contributed by atoms with van der Waals surface area (Å²) in [5.74, 6) is 0.165. The van der Waals surface area contributed by atoms with Crippen LogP contribution in [-0.2, 0) is 4.79 Å². The maximum absolute atomic E-state index is 12.3. The number of benzene rings is 1. The first-order valence-electron chi connectivity index (χ1n) is 7.26. The van der Waals surface area contributed by atoms with Gasteiger partial charge in [0, 0.05) is 31.9 Å². The van der Waals surface area contributed by atoms with Crippen molar-refractivity contribution < 1.29 is 4.79 Å². The zero-order chi connectivity index (χ0) is 14.9. The van der Waals surface area contributed by atoms with Crippen molar-refractivity contribution in [2.75, 3.05) is 25.0 Å². The predicted molar refractivity (Wildman–Crippen MR) is 82.7 cm³/mol. The van der Waals surface area contributed by atoms with Gasteiger partial charge in [-0.2, -0.15) is 0 Å². The average Bonchev–Trinajstić information content (AvgIpc) is 2.44. The molecule has 20 heavy (non-hydrogen) atoms. The molecule has 4 heteroatoms. The fourth-order valence-electron chi connectivity index (χ4n) is 2.80. The van der Waals surface area contributed by atoms with Gasteiger partial charge in [-0.25, -0.2) is 0 Å². The van der Waals surface area contributed by atoms with Crippen molar-refractivity contribution in [1.82, 2.24) is 4.90 Å². The van der Waals surface area contributed by atoms with Crippen molar-refractivity contribution in [3.8, 4) is 0 Å². The maximum Gasteiger partial charge on any atom is 0.247 e. The van der Waals surface area contributed by atoms with Gasteiger partial charge in [0.05, 0.1) is 0 Å². The minimum absolute atomic E-state index is 0.0891. The van der Waals surface area contributed by atoms with Crippen molar-refractivity contribution in [2.24, 2.45) is 5.73 Å².